The third-order valence-electron chi connectivity index (χ3n) is 2.49. The normalized spacial score (nSPS) is 14.4. The van der Waals surface area contributed by atoms with Crippen LogP contribution in [0.4, 0.5) is 0 Å². The minimum absolute atomic E-state index is 0. The molecule has 32 heavy (non-hydrogen) atoms. The Morgan fingerprint density at radius 3 is 0.719 bits per heavy atom. The van der Waals surface area contributed by atoms with Gasteiger partial charge in [0.2, 0.25) is 23.1 Å². The fourth-order valence-corrected chi connectivity index (χ4v) is 2.72. The summed E-state index contributed by atoms with van der Waals surface area (Å²) in [4.78, 5) is 43.7. The quantitative estimate of drug-likeness (QED) is 0.112. The molecule has 2 aliphatic carbocycles. The van der Waals surface area contributed by atoms with Crippen LogP contribution in [0.2, 0.25) is 0 Å². The van der Waals surface area contributed by atoms with Gasteiger partial charge in [0.25, 0.3) is 0 Å². The third-order valence-corrected chi connectivity index (χ3v) is 5.43. The van der Waals surface area contributed by atoms with E-state index in [4.69, 9.17) is 20.4 Å². The van der Waals surface area contributed by atoms with Crippen molar-refractivity contribution in [1.29, 1.82) is 0 Å². The van der Waals surface area contributed by atoms with E-state index in [1.165, 1.54) is 0 Å². The molecule has 2 rings (SSSR count). The summed E-state index contributed by atoms with van der Waals surface area (Å²) >= 11 is 10.7. The Labute approximate surface area is 330 Å². The molecule has 0 heterocycles. The molecule has 2 aliphatic rings. The molecule has 0 aromatic carbocycles. The van der Waals surface area contributed by atoms with Crippen LogP contribution in [0, 0.1) is 0 Å². The van der Waals surface area contributed by atoms with E-state index in [0.717, 1.165) is 0 Å². The van der Waals surface area contributed by atoms with Crippen molar-refractivity contribution in [1.82, 2.24) is 0 Å². The first-order chi connectivity index (χ1) is 10.9. The van der Waals surface area contributed by atoms with E-state index in [9.17, 15) is 19.2 Å². The molecule has 0 saturated heterocycles. The van der Waals surface area contributed by atoms with E-state index in [1.807, 2.05) is 0 Å². The number of carbonyl (C=O) groups is 4. The van der Waals surface area contributed by atoms with Crippen molar-refractivity contribution < 1.29 is 72.5 Å². The Balaban J connectivity index is -0.0000000480. The SMILES string of the molecule is O.O.O.O.O.O.O=C1C(=O)C(Br)=C(O)C(O)=C1Br.O=C1C(O)=C(Br)C(=O)C(O)=C1Br.[Cs].[Cs]. The molecular weight excluding hydrogens is 954 g/mol. The molecule has 0 saturated carbocycles. The fourth-order valence-electron chi connectivity index (χ4n) is 1.24. The van der Waals surface area contributed by atoms with Gasteiger partial charge in [0.05, 0.1) is 0 Å². The number of hydrogen-bond donors (Lipinski definition) is 4. The summed E-state index contributed by atoms with van der Waals surface area (Å²) in [7, 11) is 0. The van der Waals surface area contributed by atoms with Crippen molar-refractivity contribution in [2.24, 2.45) is 0 Å². The first-order valence-electron chi connectivity index (χ1n) is 5.47. The molecular formula is C12H16Br4Cs2O14. The van der Waals surface area contributed by atoms with Gasteiger partial charge in [-0.3, -0.25) is 19.2 Å². The molecule has 0 aliphatic heterocycles. The van der Waals surface area contributed by atoms with Gasteiger partial charge >= 0.3 is 0 Å². The maximum atomic E-state index is 10.9. The molecule has 0 amide bonds. The summed E-state index contributed by atoms with van der Waals surface area (Å²) in [5, 5.41) is 36.0. The number of halogens is 4. The van der Waals surface area contributed by atoms with E-state index < -0.39 is 46.2 Å². The molecule has 16 N–H and O–H groups in total. The van der Waals surface area contributed by atoms with Crippen LogP contribution in [-0.4, -0.2) is 214 Å². The summed E-state index contributed by atoms with van der Waals surface area (Å²) in [6, 6.07) is 0. The molecule has 20 heteroatoms. The van der Waals surface area contributed by atoms with Crippen molar-refractivity contribution in [3.05, 3.63) is 41.0 Å². The topological polar surface area (TPSA) is 338 Å². The Hall–Kier alpha value is 2.62. The van der Waals surface area contributed by atoms with Crippen LogP contribution < -0.4 is 0 Å². The minimum Gasteiger partial charge on any atom is -0.503 e. The molecule has 0 fully saturated rings. The van der Waals surface area contributed by atoms with Gasteiger partial charge in [-0.2, -0.15) is 0 Å². The maximum absolute atomic E-state index is 10.9. The number of aliphatic hydroxyl groups is 4. The smallest absolute Gasteiger partial charge is 0.245 e. The van der Waals surface area contributed by atoms with E-state index >= 15 is 0 Å². The zero-order valence-corrected chi connectivity index (χ0v) is 34.8. The first kappa shape index (κ1) is 55.2. The first-order valence-corrected chi connectivity index (χ1v) is 8.64. The zero-order chi connectivity index (χ0) is 18.9. The summed E-state index contributed by atoms with van der Waals surface area (Å²) < 4.78 is -1.30. The van der Waals surface area contributed by atoms with Gasteiger partial charge in [-0.1, -0.05) is 0 Å². The molecule has 178 valence electrons. The van der Waals surface area contributed by atoms with Crippen molar-refractivity contribution in [3.63, 3.8) is 0 Å². The summed E-state index contributed by atoms with van der Waals surface area (Å²) in [5.74, 6) is -6.10. The molecule has 0 spiro atoms. The Morgan fingerprint density at radius 1 is 0.375 bits per heavy atom. The van der Waals surface area contributed by atoms with Crippen molar-refractivity contribution >= 4 is 225 Å². The van der Waals surface area contributed by atoms with Crippen LogP contribution in [0.1, 0.15) is 0 Å². The fraction of sp³-hybridized carbons (Fsp3) is 0. The summed E-state index contributed by atoms with van der Waals surface area (Å²) in [5.41, 5.74) is 0. The summed E-state index contributed by atoms with van der Waals surface area (Å²) in [6.07, 6.45) is 0. The molecule has 0 aromatic rings. The standard InChI is InChI=1S/2C6H2Br2O4.2Cs.6H2O/c2*7-1-3(9)5(11)2(8)6(12)4(1)10;;;;;;;;/h9,12H;9,11H;;;6*1H2. The van der Waals surface area contributed by atoms with Crippen LogP contribution in [0.3, 0.4) is 0 Å². The molecule has 0 bridgehead atoms. The van der Waals surface area contributed by atoms with Crippen molar-refractivity contribution in [2.75, 3.05) is 0 Å². The van der Waals surface area contributed by atoms with E-state index in [1.54, 1.807) is 0 Å². The van der Waals surface area contributed by atoms with Crippen LogP contribution in [0.15, 0.2) is 41.0 Å². The van der Waals surface area contributed by atoms with Gasteiger partial charge in [0.1, 0.15) is 17.9 Å². The maximum Gasteiger partial charge on any atom is 0.245 e. The van der Waals surface area contributed by atoms with Crippen LogP contribution >= 0.6 is 63.7 Å². The predicted molar refractivity (Wildman–Crippen MR) is 128 cm³/mol. The number of carbonyl (C=O) groups excluding carboxylic acids is 4. The van der Waals surface area contributed by atoms with Crippen molar-refractivity contribution in [2.45, 2.75) is 0 Å². The predicted octanol–water partition coefficient (Wildman–Crippen LogP) is -2.78. The van der Waals surface area contributed by atoms with E-state index in [2.05, 4.69) is 63.7 Å². The second-order valence-electron chi connectivity index (χ2n) is 3.97. The number of Topliss-reactive ketones (excluding diaryl/α,β-unsaturated/α-hetero) is 4. The second-order valence-corrected chi connectivity index (χ2v) is 7.14. The number of ketones is 4. The van der Waals surface area contributed by atoms with Crippen LogP contribution in [0.25, 0.3) is 0 Å². The number of hydrogen-bond acceptors (Lipinski definition) is 8. The Kier molecular flexibility index (Phi) is 41.4. The average molecular weight is 970 g/mol. The number of aliphatic hydroxyl groups excluding tert-OH is 4. The molecule has 14 nitrogen and oxygen atoms in total. The zero-order valence-electron chi connectivity index (χ0n) is 15.9. The summed E-state index contributed by atoms with van der Waals surface area (Å²) in [6.45, 7) is 0. The Bertz CT molecular complexity index is 722. The van der Waals surface area contributed by atoms with E-state index in [0.29, 0.717) is 0 Å². The van der Waals surface area contributed by atoms with E-state index in [-0.39, 0.29) is 189 Å². The number of allylic oxidation sites excluding steroid dienone is 4. The van der Waals surface area contributed by atoms with Gasteiger partial charge in [-0.05, 0) is 63.7 Å². The third kappa shape index (κ3) is 12.7. The van der Waals surface area contributed by atoms with Crippen molar-refractivity contribution in [3.8, 4) is 0 Å². The van der Waals surface area contributed by atoms with Gasteiger partial charge in [-0.25, -0.2) is 0 Å². The van der Waals surface area contributed by atoms with Gasteiger partial charge in [0.15, 0.2) is 23.0 Å². The Morgan fingerprint density at radius 2 is 0.531 bits per heavy atom. The van der Waals surface area contributed by atoms with Gasteiger partial charge < -0.3 is 53.3 Å². The van der Waals surface area contributed by atoms with Crippen LogP contribution in [0.5, 0.6) is 0 Å². The average Bonchev–Trinajstić information content (AvgIpc) is 2.58. The second kappa shape index (κ2) is 24.0. The monoisotopic (exact) mass is 966 g/mol. The molecule has 0 unspecified atom stereocenters. The van der Waals surface area contributed by atoms with Crippen LogP contribution in [-0.2, 0) is 19.2 Å². The molecule has 0 atom stereocenters. The molecule has 0 aromatic heterocycles. The van der Waals surface area contributed by atoms with Gasteiger partial charge in [-0.15, -0.1) is 0 Å². The van der Waals surface area contributed by atoms with Gasteiger partial charge in [0, 0.05) is 138 Å². The minimum atomic E-state index is -0.892. The largest absolute Gasteiger partial charge is 0.503 e. The number of rotatable bonds is 0. The molecule has 2 radical (unpaired) electrons.